The van der Waals surface area contributed by atoms with E-state index in [2.05, 4.69) is 5.32 Å². The van der Waals surface area contributed by atoms with Gasteiger partial charge < -0.3 is 15.0 Å². The number of nitrogens with one attached hydrogen (secondary N) is 1. The van der Waals surface area contributed by atoms with E-state index in [0.717, 1.165) is 4.90 Å². The highest BCUT2D eigenvalue weighted by Gasteiger charge is 2.31. The van der Waals surface area contributed by atoms with Gasteiger partial charge in [0.1, 0.15) is 6.54 Å². The molecular weight excluding hydrogens is 367 g/mol. The molecule has 6 nitrogen and oxygen atoms in total. The van der Waals surface area contributed by atoms with Crippen LogP contribution in [0.2, 0.25) is 0 Å². The van der Waals surface area contributed by atoms with Gasteiger partial charge in [-0.1, -0.05) is 12.1 Å². The molecule has 0 heterocycles. The van der Waals surface area contributed by atoms with Crippen molar-refractivity contribution in [2.45, 2.75) is 17.6 Å². The van der Waals surface area contributed by atoms with Gasteiger partial charge in [-0.3, -0.25) is 0 Å². The van der Waals surface area contributed by atoms with E-state index in [1.807, 2.05) is 0 Å². The summed E-state index contributed by atoms with van der Waals surface area (Å²) in [6.45, 7) is -0.803. The Labute approximate surface area is 143 Å². The lowest BCUT2D eigenvalue weighted by molar-refractivity contribution is -0.138. The second-order valence-corrected chi connectivity index (χ2v) is 6.83. The Hall–Kier alpha value is -1.43. The standard InChI is InChI=1S/C13H18F3N3O3S2/c1-22-7-6-18-12(23)19(9-13(14,15)16)8-10-2-4-11(5-3-10)24(17,20)21/h2-5H,6-9H2,1H3,(H,18,23)(H2,17,20,21). The van der Waals surface area contributed by atoms with E-state index in [9.17, 15) is 21.6 Å². The molecule has 136 valence electrons. The minimum atomic E-state index is -4.44. The van der Waals surface area contributed by atoms with Gasteiger partial charge in [-0.25, -0.2) is 13.6 Å². The first-order valence-corrected chi connectivity index (χ1v) is 8.68. The number of halogens is 3. The Morgan fingerprint density at radius 2 is 1.92 bits per heavy atom. The maximum Gasteiger partial charge on any atom is 0.406 e. The van der Waals surface area contributed by atoms with Crippen LogP contribution >= 0.6 is 12.2 Å². The van der Waals surface area contributed by atoms with Crippen LogP contribution in [0.15, 0.2) is 29.2 Å². The smallest absolute Gasteiger partial charge is 0.383 e. The zero-order valence-corrected chi connectivity index (χ0v) is 14.5. The SMILES string of the molecule is COCCNC(=S)N(Cc1ccc(S(N)(=O)=O)cc1)CC(F)(F)F. The summed E-state index contributed by atoms with van der Waals surface area (Å²) in [5, 5.41) is 7.59. The van der Waals surface area contributed by atoms with E-state index in [0.29, 0.717) is 12.2 Å². The fraction of sp³-hybridized carbons (Fsp3) is 0.462. The van der Waals surface area contributed by atoms with E-state index < -0.39 is 22.7 Å². The van der Waals surface area contributed by atoms with Crippen molar-refractivity contribution >= 4 is 27.4 Å². The zero-order chi connectivity index (χ0) is 18.4. The molecule has 1 aromatic rings. The van der Waals surface area contributed by atoms with Crippen LogP contribution in [0.1, 0.15) is 5.56 Å². The van der Waals surface area contributed by atoms with Crippen LogP contribution in [0.3, 0.4) is 0 Å². The first-order valence-electron chi connectivity index (χ1n) is 6.73. The second-order valence-electron chi connectivity index (χ2n) is 4.88. The molecule has 0 saturated heterocycles. The molecule has 0 fully saturated rings. The summed E-state index contributed by atoms with van der Waals surface area (Å²) < 4.78 is 65.4. The molecular formula is C13H18F3N3O3S2. The molecule has 1 rings (SSSR count). The minimum Gasteiger partial charge on any atom is -0.383 e. The number of thiocarbonyl (C=S) groups is 1. The van der Waals surface area contributed by atoms with Crippen molar-refractivity contribution in [1.82, 2.24) is 10.2 Å². The van der Waals surface area contributed by atoms with Crippen molar-refractivity contribution in [3.8, 4) is 0 Å². The summed E-state index contributed by atoms with van der Waals surface area (Å²) in [7, 11) is -2.39. The molecule has 11 heteroatoms. The third-order valence-electron chi connectivity index (χ3n) is 2.87. The van der Waals surface area contributed by atoms with Gasteiger partial charge in [0.25, 0.3) is 0 Å². The molecule has 0 unspecified atom stereocenters. The summed E-state index contributed by atoms with van der Waals surface area (Å²) in [6, 6.07) is 5.25. The third-order valence-corrected chi connectivity index (χ3v) is 4.20. The van der Waals surface area contributed by atoms with Crippen molar-refractivity contribution in [1.29, 1.82) is 0 Å². The minimum absolute atomic E-state index is 0.0695. The number of alkyl halides is 3. The average Bonchev–Trinajstić information content (AvgIpc) is 2.45. The van der Waals surface area contributed by atoms with Crippen LogP contribution in [-0.2, 0) is 21.3 Å². The lowest BCUT2D eigenvalue weighted by Gasteiger charge is -2.27. The average molecular weight is 385 g/mol. The van der Waals surface area contributed by atoms with E-state index in [-0.39, 0.29) is 23.1 Å². The summed E-state index contributed by atoms with van der Waals surface area (Å²) in [4.78, 5) is 0.825. The predicted octanol–water partition coefficient (Wildman–Crippen LogP) is 1.22. The molecule has 0 atom stereocenters. The highest BCUT2D eigenvalue weighted by molar-refractivity contribution is 7.89. The Kier molecular flexibility index (Phi) is 7.39. The van der Waals surface area contributed by atoms with Crippen molar-refractivity contribution in [2.24, 2.45) is 5.14 Å². The zero-order valence-electron chi connectivity index (χ0n) is 12.8. The molecule has 0 bridgehead atoms. The molecule has 24 heavy (non-hydrogen) atoms. The normalized spacial score (nSPS) is 12.0. The first-order chi connectivity index (χ1) is 11.0. The number of benzene rings is 1. The Balaban J connectivity index is 2.85. The number of methoxy groups -OCH3 is 1. The van der Waals surface area contributed by atoms with E-state index in [1.165, 1.54) is 31.4 Å². The maximum absolute atomic E-state index is 12.7. The van der Waals surface area contributed by atoms with Crippen LogP contribution in [0, 0.1) is 0 Å². The molecule has 3 N–H and O–H groups in total. The van der Waals surface area contributed by atoms with Crippen molar-refractivity contribution in [3.63, 3.8) is 0 Å². The monoisotopic (exact) mass is 385 g/mol. The molecule has 0 aliphatic rings. The largest absolute Gasteiger partial charge is 0.406 e. The highest BCUT2D eigenvalue weighted by Crippen LogP contribution is 2.19. The molecule has 1 aromatic carbocycles. The fourth-order valence-electron chi connectivity index (χ4n) is 1.79. The lowest BCUT2D eigenvalue weighted by Crippen LogP contribution is -2.45. The van der Waals surface area contributed by atoms with Crippen molar-refractivity contribution < 1.29 is 26.3 Å². The Morgan fingerprint density at radius 3 is 2.38 bits per heavy atom. The van der Waals surface area contributed by atoms with Gasteiger partial charge in [0.2, 0.25) is 10.0 Å². The molecule has 0 spiro atoms. The second kappa shape index (κ2) is 8.60. The number of ether oxygens (including phenoxy) is 1. The van der Waals surface area contributed by atoms with E-state index >= 15 is 0 Å². The maximum atomic E-state index is 12.7. The molecule has 0 amide bonds. The van der Waals surface area contributed by atoms with Gasteiger partial charge >= 0.3 is 6.18 Å². The predicted molar refractivity (Wildman–Crippen MR) is 86.8 cm³/mol. The van der Waals surface area contributed by atoms with Gasteiger partial charge in [-0.15, -0.1) is 0 Å². The summed E-state index contributed by atoms with van der Waals surface area (Å²) in [5.74, 6) is 0. The van der Waals surface area contributed by atoms with Gasteiger partial charge in [0, 0.05) is 20.2 Å². The fourth-order valence-corrected chi connectivity index (χ4v) is 2.54. The van der Waals surface area contributed by atoms with Crippen molar-refractivity contribution in [3.05, 3.63) is 29.8 Å². The molecule has 0 saturated carbocycles. The van der Waals surface area contributed by atoms with E-state index in [1.54, 1.807) is 0 Å². The number of nitrogens with zero attached hydrogens (tertiary/aromatic N) is 1. The molecule has 0 aromatic heterocycles. The topological polar surface area (TPSA) is 84.7 Å². The van der Waals surface area contributed by atoms with Gasteiger partial charge in [0.05, 0.1) is 11.5 Å². The van der Waals surface area contributed by atoms with Crippen LogP contribution < -0.4 is 10.5 Å². The molecule has 0 aliphatic carbocycles. The quantitative estimate of drug-likeness (QED) is 0.542. The van der Waals surface area contributed by atoms with Gasteiger partial charge in [0.15, 0.2) is 5.11 Å². The van der Waals surface area contributed by atoms with Gasteiger partial charge in [-0.05, 0) is 29.9 Å². The summed E-state index contributed by atoms with van der Waals surface area (Å²) in [5.41, 5.74) is 0.461. The van der Waals surface area contributed by atoms with Crippen LogP contribution in [0.5, 0.6) is 0 Å². The number of primary sulfonamides is 1. The van der Waals surface area contributed by atoms with E-state index in [4.69, 9.17) is 22.1 Å². The Bertz CT molecular complexity index is 649. The number of nitrogens with two attached hydrogens (primary N) is 1. The first kappa shape index (κ1) is 20.6. The number of rotatable bonds is 7. The number of hydrogen-bond acceptors (Lipinski definition) is 4. The van der Waals surface area contributed by atoms with Crippen molar-refractivity contribution in [2.75, 3.05) is 26.8 Å². The summed E-state index contributed by atoms with van der Waals surface area (Å²) >= 11 is 4.98. The van der Waals surface area contributed by atoms with Crippen LogP contribution in [-0.4, -0.2) is 51.4 Å². The highest BCUT2D eigenvalue weighted by atomic mass is 32.2. The van der Waals surface area contributed by atoms with Gasteiger partial charge in [-0.2, -0.15) is 13.2 Å². The number of sulfonamides is 1. The molecule has 0 aliphatic heterocycles. The van der Waals surface area contributed by atoms with Crippen LogP contribution in [0.4, 0.5) is 13.2 Å². The third kappa shape index (κ3) is 7.43. The molecule has 0 radical (unpaired) electrons. The summed E-state index contributed by atoms with van der Waals surface area (Å²) in [6.07, 6.45) is -4.44. The lowest BCUT2D eigenvalue weighted by atomic mass is 10.2. The Morgan fingerprint density at radius 1 is 1.33 bits per heavy atom. The van der Waals surface area contributed by atoms with Crippen LogP contribution in [0.25, 0.3) is 0 Å². The number of hydrogen-bond donors (Lipinski definition) is 2.